The second-order valence-corrected chi connectivity index (χ2v) is 7.71. The van der Waals surface area contributed by atoms with Crippen LogP contribution in [0, 0.1) is 18.3 Å². The van der Waals surface area contributed by atoms with Crippen molar-refractivity contribution in [1.29, 1.82) is 5.26 Å². The van der Waals surface area contributed by atoms with Crippen molar-refractivity contribution in [1.82, 2.24) is 0 Å². The number of rotatable bonds is 7. The molecule has 0 fully saturated rings. The lowest BCUT2D eigenvalue weighted by molar-refractivity contribution is -0.112. The Morgan fingerprint density at radius 2 is 1.91 bits per heavy atom. The topological polar surface area (TPSA) is 71.3 Å². The number of amides is 1. The first-order valence-corrected chi connectivity index (χ1v) is 10.4. The average molecular weight is 467 g/mol. The number of aryl methyl sites for hydroxylation is 1. The minimum Gasteiger partial charge on any atom is -0.497 e. The second-order valence-electron chi connectivity index (χ2n) is 6.87. The Hall–Kier alpha value is -3.46. The fourth-order valence-electron chi connectivity index (χ4n) is 2.88. The smallest absolute Gasteiger partial charge is 0.266 e. The Morgan fingerprint density at radius 1 is 1.12 bits per heavy atom. The minimum atomic E-state index is -0.550. The van der Waals surface area contributed by atoms with Gasteiger partial charge in [0.05, 0.1) is 7.11 Å². The van der Waals surface area contributed by atoms with Gasteiger partial charge in [-0.2, -0.15) is 5.26 Å². The third kappa shape index (κ3) is 5.82. The summed E-state index contributed by atoms with van der Waals surface area (Å²) in [5.74, 6) is 0.475. The molecule has 0 aliphatic rings. The van der Waals surface area contributed by atoms with Gasteiger partial charge in [0.1, 0.15) is 29.7 Å². The molecule has 0 atom stereocenters. The van der Waals surface area contributed by atoms with E-state index in [0.717, 1.165) is 11.1 Å². The number of nitrogens with one attached hydrogen (secondary N) is 1. The van der Waals surface area contributed by atoms with Gasteiger partial charge in [0.2, 0.25) is 0 Å². The Bertz CT molecular complexity index is 1220. The van der Waals surface area contributed by atoms with Gasteiger partial charge >= 0.3 is 0 Å². The predicted molar refractivity (Wildman–Crippen MR) is 127 cm³/mol. The van der Waals surface area contributed by atoms with E-state index in [1.165, 1.54) is 6.08 Å². The maximum absolute atomic E-state index is 12.7. The van der Waals surface area contributed by atoms with Crippen LogP contribution in [0.3, 0.4) is 0 Å². The summed E-state index contributed by atoms with van der Waals surface area (Å²) >= 11 is 12.2. The zero-order valence-corrected chi connectivity index (χ0v) is 19.0. The van der Waals surface area contributed by atoms with Gasteiger partial charge in [-0.1, -0.05) is 47.5 Å². The summed E-state index contributed by atoms with van der Waals surface area (Å²) < 4.78 is 11.2. The summed E-state index contributed by atoms with van der Waals surface area (Å²) in [4.78, 5) is 12.7. The number of hydrogen-bond donors (Lipinski definition) is 1. The van der Waals surface area contributed by atoms with Gasteiger partial charge in [0, 0.05) is 32.9 Å². The van der Waals surface area contributed by atoms with Crippen LogP contribution >= 0.6 is 23.2 Å². The van der Waals surface area contributed by atoms with Crippen LogP contribution in [0.2, 0.25) is 10.0 Å². The van der Waals surface area contributed by atoms with Crippen LogP contribution in [0.4, 0.5) is 5.69 Å². The van der Waals surface area contributed by atoms with Crippen molar-refractivity contribution in [3.63, 3.8) is 0 Å². The van der Waals surface area contributed by atoms with Crippen LogP contribution in [-0.2, 0) is 11.4 Å². The highest BCUT2D eigenvalue weighted by Gasteiger charge is 2.14. The molecular weight excluding hydrogens is 447 g/mol. The summed E-state index contributed by atoms with van der Waals surface area (Å²) in [6.45, 7) is 2.05. The van der Waals surface area contributed by atoms with Crippen molar-refractivity contribution < 1.29 is 14.3 Å². The Labute approximate surface area is 196 Å². The normalized spacial score (nSPS) is 10.9. The number of carbonyl (C=O) groups excluding carboxylic acids is 1. The number of nitrogens with zero attached hydrogens (tertiary/aromatic N) is 1. The molecule has 0 radical (unpaired) electrons. The fraction of sp³-hybridized carbons (Fsp3) is 0.120. The maximum Gasteiger partial charge on any atom is 0.266 e. The van der Waals surface area contributed by atoms with Crippen LogP contribution < -0.4 is 14.8 Å². The van der Waals surface area contributed by atoms with Crippen molar-refractivity contribution in [3.05, 3.63) is 93.0 Å². The molecule has 0 saturated carbocycles. The van der Waals surface area contributed by atoms with E-state index in [-0.39, 0.29) is 12.2 Å². The molecule has 162 valence electrons. The molecule has 3 aromatic carbocycles. The van der Waals surface area contributed by atoms with Gasteiger partial charge in [0.25, 0.3) is 5.91 Å². The lowest BCUT2D eigenvalue weighted by Crippen LogP contribution is -2.14. The number of benzene rings is 3. The highest BCUT2D eigenvalue weighted by atomic mass is 35.5. The van der Waals surface area contributed by atoms with Gasteiger partial charge < -0.3 is 14.8 Å². The van der Waals surface area contributed by atoms with E-state index >= 15 is 0 Å². The fourth-order valence-corrected chi connectivity index (χ4v) is 3.24. The van der Waals surface area contributed by atoms with Crippen molar-refractivity contribution in [3.8, 4) is 17.6 Å². The molecular formula is C25H20Cl2N2O3. The summed E-state index contributed by atoms with van der Waals surface area (Å²) in [6.07, 6.45) is 1.47. The summed E-state index contributed by atoms with van der Waals surface area (Å²) in [7, 11) is 1.55. The molecule has 0 unspecified atom stereocenters. The van der Waals surface area contributed by atoms with Gasteiger partial charge in [0.15, 0.2) is 0 Å². The number of methoxy groups -OCH3 is 1. The molecule has 0 aromatic heterocycles. The van der Waals surface area contributed by atoms with Crippen LogP contribution in [0.15, 0.2) is 66.2 Å². The SMILES string of the molecule is COc1ccc(/C=C(\C#N)C(=O)Nc2cc(Cl)ccc2C)c(OCc2ccccc2Cl)c1. The Morgan fingerprint density at radius 3 is 2.62 bits per heavy atom. The van der Waals surface area contributed by atoms with Crippen LogP contribution in [0.1, 0.15) is 16.7 Å². The number of anilines is 1. The molecule has 1 amide bonds. The molecule has 0 heterocycles. The Balaban J connectivity index is 1.89. The van der Waals surface area contributed by atoms with E-state index in [1.54, 1.807) is 49.6 Å². The van der Waals surface area contributed by atoms with E-state index in [9.17, 15) is 10.1 Å². The lowest BCUT2D eigenvalue weighted by Gasteiger charge is -2.13. The van der Waals surface area contributed by atoms with E-state index in [4.69, 9.17) is 32.7 Å². The summed E-state index contributed by atoms with van der Waals surface area (Å²) in [5.41, 5.74) is 2.63. The van der Waals surface area contributed by atoms with Crippen molar-refractivity contribution in [2.45, 2.75) is 13.5 Å². The Kier molecular flexibility index (Phi) is 7.77. The van der Waals surface area contributed by atoms with Gasteiger partial charge in [-0.15, -0.1) is 0 Å². The quantitative estimate of drug-likeness (QED) is 0.321. The first-order valence-electron chi connectivity index (χ1n) is 9.65. The molecule has 5 nitrogen and oxygen atoms in total. The number of hydrogen-bond acceptors (Lipinski definition) is 4. The molecule has 3 rings (SSSR count). The minimum absolute atomic E-state index is 0.0860. The highest BCUT2D eigenvalue weighted by molar-refractivity contribution is 6.31. The van der Waals surface area contributed by atoms with Crippen LogP contribution in [-0.4, -0.2) is 13.0 Å². The number of ether oxygens (including phenoxy) is 2. The third-order valence-electron chi connectivity index (χ3n) is 4.67. The first kappa shape index (κ1) is 23.2. The highest BCUT2D eigenvalue weighted by Crippen LogP contribution is 2.29. The molecule has 0 saturated heterocycles. The first-order chi connectivity index (χ1) is 15.4. The van der Waals surface area contributed by atoms with Gasteiger partial charge in [-0.25, -0.2) is 0 Å². The monoisotopic (exact) mass is 466 g/mol. The number of carbonyl (C=O) groups is 1. The van der Waals surface area contributed by atoms with Crippen LogP contribution in [0.25, 0.3) is 6.08 Å². The number of halogens is 2. The summed E-state index contributed by atoms with van der Waals surface area (Å²) in [5, 5.41) is 13.4. The molecule has 0 bridgehead atoms. The van der Waals surface area contributed by atoms with E-state index < -0.39 is 5.91 Å². The molecule has 0 aliphatic carbocycles. The van der Waals surface area contributed by atoms with Crippen LogP contribution in [0.5, 0.6) is 11.5 Å². The van der Waals surface area contributed by atoms with E-state index in [2.05, 4.69) is 5.32 Å². The molecule has 7 heteroatoms. The molecule has 3 aromatic rings. The van der Waals surface area contributed by atoms with E-state index in [0.29, 0.717) is 32.8 Å². The second kappa shape index (κ2) is 10.7. The maximum atomic E-state index is 12.7. The number of nitriles is 1. The van der Waals surface area contributed by atoms with Crippen molar-refractivity contribution in [2.75, 3.05) is 12.4 Å². The summed E-state index contributed by atoms with van der Waals surface area (Å²) in [6, 6.07) is 19.6. The van der Waals surface area contributed by atoms with E-state index in [1.807, 2.05) is 31.2 Å². The zero-order chi connectivity index (χ0) is 23.1. The standard InChI is InChI=1S/C25H20Cl2N2O3/c1-16-7-9-20(26)12-23(16)29-25(30)19(14-28)11-17-8-10-21(31-2)13-24(17)32-15-18-5-3-4-6-22(18)27/h3-13H,15H2,1-2H3,(H,29,30)/b19-11+. The largest absolute Gasteiger partial charge is 0.497 e. The van der Waals surface area contributed by atoms with Gasteiger partial charge in [-0.3, -0.25) is 4.79 Å². The third-order valence-corrected chi connectivity index (χ3v) is 5.28. The lowest BCUT2D eigenvalue weighted by atomic mass is 10.1. The predicted octanol–water partition coefficient (Wildman–Crippen LogP) is 6.44. The zero-order valence-electron chi connectivity index (χ0n) is 17.5. The van der Waals surface area contributed by atoms with Crippen molar-refractivity contribution >= 4 is 40.9 Å². The van der Waals surface area contributed by atoms with Crippen molar-refractivity contribution in [2.24, 2.45) is 0 Å². The molecule has 0 spiro atoms. The average Bonchev–Trinajstić information content (AvgIpc) is 2.79. The molecule has 0 aliphatic heterocycles. The van der Waals surface area contributed by atoms with Gasteiger partial charge in [-0.05, 0) is 48.9 Å². The molecule has 1 N–H and O–H groups in total. The molecule has 32 heavy (non-hydrogen) atoms.